The highest BCUT2D eigenvalue weighted by atomic mass is 16.5. The molecule has 2 amide bonds. The van der Waals surface area contributed by atoms with Gasteiger partial charge in [-0.2, -0.15) is 0 Å². The molecule has 2 aliphatic heterocycles. The van der Waals surface area contributed by atoms with Crippen molar-refractivity contribution in [2.75, 3.05) is 0 Å². The average molecular weight is 256 g/mol. The largest absolute Gasteiger partial charge is 0.480 e. The molecular formula is C12H20N2O4. The van der Waals surface area contributed by atoms with Gasteiger partial charge in [-0.3, -0.25) is 0 Å². The minimum Gasteiger partial charge on any atom is -0.480 e. The molecule has 2 heterocycles. The van der Waals surface area contributed by atoms with Crippen molar-refractivity contribution in [1.82, 2.24) is 10.6 Å². The van der Waals surface area contributed by atoms with Gasteiger partial charge in [0.05, 0.1) is 18.2 Å². The average Bonchev–Trinajstić information content (AvgIpc) is 2.86. The van der Waals surface area contributed by atoms with Gasteiger partial charge in [0.2, 0.25) is 0 Å². The fourth-order valence-electron chi connectivity index (χ4n) is 2.65. The number of aliphatic carboxylic acids is 1. The van der Waals surface area contributed by atoms with Crippen molar-refractivity contribution in [2.24, 2.45) is 5.92 Å². The highest BCUT2D eigenvalue weighted by molar-refractivity contribution is 5.82. The SMILES string of the molecule is CC(C)C(NC(=O)NC1CC2CCC1O2)C(=O)O. The van der Waals surface area contributed by atoms with Gasteiger partial charge < -0.3 is 20.5 Å². The summed E-state index contributed by atoms with van der Waals surface area (Å²) in [6.07, 6.45) is 3.23. The van der Waals surface area contributed by atoms with Gasteiger partial charge in [0.15, 0.2) is 0 Å². The van der Waals surface area contributed by atoms with Crippen molar-refractivity contribution in [3.63, 3.8) is 0 Å². The van der Waals surface area contributed by atoms with E-state index < -0.39 is 18.0 Å². The van der Waals surface area contributed by atoms with Gasteiger partial charge in [0, 0.05) is 0 Å². The van der Waals surface area contributed by atoms with Gasteiger partial charge in [-0.15, -0.1) is 0 Å². The Labute approximate surface area is 106 Å². The van der Waals surface area contributed by atoms with Crippen LogP contribution in [0.2, 0.25) is 0 Å². The third-order valence-electron chi connectivity index (χ3n) is 3.64. The predicted molar refractivity (Wildman–Crippen MR) is 64.2 cm³/mol. The van der Waals surface area contributed by atoms with Crippen molar-refractivity contribution in [3.8, 4) is 0 Å². The first kappa shape index (κ1) is 13.1. The third kappa shape index (κ3) is 2.75. The number of ether oxygens (including phenoxy) is 1. The molecule has 0 radical (unpaired) electrons. The minimum absolute atomic E-state index is 0.0188. The molecule has 102 valence electrons. The molecule has 6 nitrogen and oxygen atoms in total. The zero-order chi connectivity index (χ0) is 13.3. The molecule has 2 fully saturated rings. The van der Waals surface area contributed by atoms with E-state index in [1.807, 2.05) is 0 Å². The molecule has 6 heteroatoms. The summed E-state index contributed by atoms with van der Waals surface area (Å²) in [6, 6.07) is -1.26. The molecule has 2 rings (SSSR count). The van der Waals surface area contributed by atoms with Crippen LogP contribution in [0.1, 0.15) is 33.1 Å². The lowest BCUT2D eigenvalue weighted by Crippen LogP contribution is -2.52. The van der Waals surface area contributed by atoms with Crippen LogP contribution in [0, 0.1) is 5.92 Å². The molecule has 4 atom stereocenters. The number of carbonyl (C=O) groups is 2. The zero-order valence-corrected chi connectivity index (χ0v) is 10.7. The molecule has 0 aliphatic carbocycles. The van der Waals surface area contributed by atoms with Gasteiger partial charge >= 0.3 is 12.0 Å². The van der Waals surface area contributed by atoms with Crippen LogP contribution in [0.3, 0.4) is 0 Å². The summed E-state index contributed by atoms with van der Waals surface area (Å²) in [5.74, 6) is -1.16. The topological polar surface area (TPSA) is 87.7 Å². The van der Waals surface area contributed by atoms with E-state index in [0.29, 0.717) is 0 Å². The molecule has 4 unspecified atom stereocenters. The number of carbonyl (C=O) groups excluding carboxylic acids is 1. The van der Waals surface area contributed by atoms with E-state index in [1.54, 1.807) is 13.8 Å². The van der Waals surface area contributed by atoms with E-state index in [0.717, 1.165) is 19.3 Å². The summed E-state index contributed by atoms with van der Waals surface area (Å²) in [7, 11) is 0. The molecule has 0 saturated carbocycles. The fourth-order valence-corrected chi connectivity index (χ4v) is 2.65. The normalized spacial score (nSPS) is 31.4. The Balaban J connectivity index is 1.83. The lowest BCUT2D eigenvalue weighted by Gasteiger charge is -2.23. The Morgan fingerprint density at radius 2 is 2.06 bits per heavy atom. The maximum atomic E-state index is 11.8. The summed E-state index contributed by atoms with van der Waals surface area (Å²) >= 11 is 0. The van der Waals surface area contributed by atoms with Crippen molar-refractivity contribution < 1.29 is 19.4 Å². The number of urea groups is 1. The van der Waals surface area contributed by atoms with E-state index in [-0.39, 0.29) is 24.2 Å². The fraction of sp³-hybridized carbons (Fsp3) is 0.833. The Bertz CT molecular complexity index is 345. The molecule has 0 spiro atoms. The van der Waals surface area contributed by atoms with Crippen molar-refractivity contribution in [2.45, 2.75) is 57.4 Å². The predicted octanol–water partition coefficient (Wildman–Crippen LogP) is 0.715. The number of hydrogen-bond donors (Lipinski definition) is 3. The molecule has 2 aliphatic rings. The van der Waals surface area contributed by atoms with Crippen LogP contribution < -0.4 is 10.6 Å². The number of amides is 2. The first-order valence-corrected chi connectivity index (χ1v) is 6.42. The van der Waals surface area contributed by atoms with Crippen LogP contribution in [0.15, 0.2) is 0 Å². The van der Waals surface area contributed by atoms with E-state index in [4.69, 9.17) is 9.84 Å². The summed E-state index contributed by atoms with van der Waals surface area (Å²) < 4.78 is 5.63. The van der Waals surface area contributed by atoms with Crippen LogP contribution >= 0.6 is 0 Å². The van der Waals surface area contributed by atoms with E-state index in [2.05, 4.69) is 10.6 Å². The summed E-state index contributed by atoms with van der Waals surface area (Å²) in [4.78, 5) is 22.7. The van der Waals surface area contributed by atoms with Crippen molar-refractivity contribution in [1.29, 1.82) is 0 Å². The van der Waals surface area contributed by atoms with Crippen molar-refractivity contribution in [3.05, 3.63) is 0 Å². The second kappa shape index (κ2) is 5.14. The number of nitrogens with one attached hydrogen (secondary N) is 2. The quantitative estimate of drug-likeness (QED) is 0.691. The highest BCUT2D eigenvalue weighted by Gasteiger charge is 2.41. The van der Waals surface area contributed by atoms with E-state index in [1.165, 1.54) is 0 Å². The molecule has 3 N–H and O–H groups in total. The Morgan fingerprint density at radius 3 is 2.50 bits per heavy atom. The summed E-state index contributed by atoms with van der Waals surface area (Å²) in [6.45, 7) is 3.53. The maximum absolute atomic E-state index is 11.8. The molecule has 0 aromatic carbocycles. The molecule has 2 saturated heterocycles. The first-order chi connectivity index (χ1) is 8.47. The lowest BCUT2D eigenvalue weighted by molar-refractivity contribution is -0.140. The third-order valence-corrected chi connectivity index (χ3v) is 3.64. The molecular weight excluding hydrogens is 236 g/mol. The minimum atomic E-state index is -1.01. The standard InChI is InChI=1S/C12H20N2O4/c1-6(2)10(11(15)16)14-12(17)13-8-5-7-3-4-9(8)18-7/h6-10H,3-5H2,1-2H3,(H,15,16)(H2,13,14,17). The number of fused-ring (bicyclic) bond motifs is 2. The van der Waals surface area contributed by atoms with E-state index >= 15 is 0 Å². The zero-order valence-electron chi connectivity index (χ0n) is 10.7. The monoisotopic (exact) mass is 256 g/mol. The van der Waals surface area contributed by atoms with Crippen LogP contribution in [0.4, 0.5) is 4.79 Å². The van der Waals surface area contributed by atoms with Crippen LogP contribution in [-0.2, 0) is 9.53 Å². The smallest absolute Gasteiger partial charge is 0.326 e. The first-order valence-electron chi connectivity index (χ1n) is 6.42. The van der Waals surface area contributed by atoms with Gasteiger partial charge in [-0.1, -0.05) is 13.8 Å². The van der Waals surface area contributed by atoms with E-state index in [9.17, 15) is 9.59 Å². The number of carboxylic acids is 1. The number of rotatable bonds is 4. The Kier molecular flexibility index (Phi) is 3.75. The van der Waals surface area contributed by atoms with Crippen molar-refractivity contribution >= 4 is 12.0 Å². The van der Waals surface area contributed by atoms with Gasteiger partial charge in [0.25, 0.3) is 0 Å². The highest BCUT2D eigenvalue weighted by Crippen LogP contribution is 2.34. The van der Waals surface area contributed by atoms with Crippen LogP contribution in [0.25, 0.3) is 0 Å². The van der Waals surface area contributed by atoms with Gasteiger partial charge in [-0.25, -0.2) is 9.59 Å². The van der Waals surface area contributed by atoms with Gasteiger partial charge in [0.1, 0.15) is 6.04 Å². The van der Waals surface area contributed by atoms with Crippen LogP contribution in [0.5, 0.6) is 0 Å². The Hall–Kier alpha value is -1.30. The van der Waals surface area contributed by atoms with Crippen LogP contribution in [-0.4, -0.2) is 41.4 Å². The molecule has 18 heavy (non-hydrogen) atoms. The summed E-state index contributed by atoms with van der Waals surface area (Å²) in [5, 5.41) is 14.3. The Morgan fingerprint density at radius 1 is 1.33 bits per heavy atom. The number of carboxylic acid groups (broad SMARTS) is 1. The molecule has 0 aromatic rings. The summed E-state index contributed by atoms with van der Waals surface area (Å²) in [5.41, 5.74) is 0. The lowest BCUT2D eigenvalue weighted by atomic mass is 9.96. The second-order valence-corrected chi connectivity index (χ2v) is 5.39. The second-order valence-electron chi connectivity index (χ2n) is 5.39. The number of hydrogen-bond acceptors (Lipinski definition) is 3. The molecule has 2 bridgehead atoms. The molecule has 0 aromatic heterocycles. The maximum Gasteiger partial charge on any atom is 0.326 e. The van der Waals surface area contributed by atoms with Gasteiger partial charge in [-0.05, 0) is 25.2 Å².